The van der Waals surface area contributed by atoms with Gasteiger partial charge in [0.25, 0.3) is 0 Å². The zero-order valence-electron chi connectivity index (χ0n) is 22.4. The third-order valence-corrected chi connectivity index (χ3v) is 8.56. The van der Waals surface area contributed by atoms with E-state index in [0.717, 1.165) is 12.0 Å². The molecule has 0 bridgehead atoms. The number of hydrogen-bond acceptors (Lipinski definition) is 7. The van der Waals surface area contributed by atoms with E-state index < -0.39 is 35.4 Å². The summed E-state index contributed by atoms with van der Waals surface area (Å²) in [5.41, 5.74) is -0.158. The number of ether oxygens (including phenoxy) is 3. The maximum atomic E-state index is 12.4. The first-order valence-corrected chi connectivity index (χ1v) is 14.5. The Labute approximate surface area is 244 Å². The number of alkyl halides is 3. The maximum absolute atomic E-state index is 12.4. The predicted molar refractivity (Wildman–Crippen MR) is 149 cm³/mol. The van der Waals surface area contributed by atoms with E-state index in [4.69, 9.17) is 49.0 Å². The maximum Gasteiger partial charge on any atom is 0.335 e. The number of hydrogen-bond donors (Lipinski definition) is 1. The molecule has 0 amide bonds. The Balaban J connectivity index is 2.39. The monoisotopic (exact) mass is 606 g/mol. The summed E-state index contributed by atoms with van der Waals surface area (Å²) in [7, 11) is 0. The number of fused-ring (bicyclic) bond motifs is 1. The van der Waals surface area contributed by atoms with Crippen molar-refractivity contribution in [2.75, 3.05) is 30.9 Å². The molecule has 1 unspecified atom stereocenters. The summed E-state index contributed by atoms with van der Waals surface area (Å²) >= 11 is 16.9. The summed E-state index contributed by atoms with van der Waals surface area (Å²) in [6.07, 6.45) is 6.91. The van der Waals surface area contributed by atoms with Gasteiger partial charge in [-0.1, -0.05) is 38.2 Å². The van der Waals surface area contributed by atoms with Crippen molar-refractivity contribution in [2.45, 2.75) is 58.5 Å². The highest BCUT2D eigenvalue weighted by molar-refractivity contribution is 6.26. The SMILES string of the molecule is C=C1CCC2[C@](C)(COC(=O)CCCl)[C@H](OC(=O)CCCl)CC[C@@]2(C)[C@@H]1/C=C/C(=C\COC(=O)CCl)C(=O)O. The molecule has 2 aliphatic rings. The van der Waals surface area contributed by atoms with Crippen molar-refractivity contribution in [2.24, 2.45) is 22.7 Å². The second-order valence-corrected chi connectivity index (χ2v) is 11.5. The molecule has 2 fully saturated rings. The number of carbonyl (C=O) groups is 4. The van der Waals surface area contributed by atoms with E-state index in [2.05, 4.69) is 13.5 Å². The number of allylic oxidation sites excluding steroid dienone is 2. The minimum Gasteiger partial charge on any atom is -0.478 e. The van der Waals surface area contributed by atoms with Crippen molar-refractivity contribution < 1.29 is 38.5 Å². The first-order chi connectivity index (χ1) is 18.4. The van der Waals surface area contributed by atoms with Gasteiger partial charge in [-0.25, -0.2) is 4.79 Å². The summed E-state index contributed by atoms with van der Waals surface area (Å²) in [6, 6.07) is 0. The molecule has 0 radical (unpaired) electrons. The Kier molecular flexibility index (Phi) is 12.8. The lowest BCUT2D eigenvalue weighted by Gasteiger charge is -2.59. The topological polar surface area (TPSA) is 116 Å². The smallest absolute Gasteiger partial charge is 0.335 e. The van der Waals surface area contributed by atoms with Crippen LogP contribution in [0.1, 0.15) is 52.4 Å². The van der Waals surface area contributed by atoms with Gasteiger partial charge < -0.3 is 19.3 Å². The second kappa shape index (κ2) is 15.1. The molecule has 0 saturated heterocycles. The highest BCUT2D eigenvalue weighted by atomic mass is 35.5. The van der Waals surface area contributed by atoms with Crippen LogP contribution in [0.2, 0.25) is 0 Å². The zero-order chi connectivity index (χ0) is 29.2. The van der Waals surface area contributed by atoms with Crippen LogP contribution >= 0.6 is 34.8 Å². The van der Waals surface area contributed by atoms with Gasteiger partial charge in [0.15, 0.2) is 0 Å². The fraction of sp³-hybridized carbons (Fsp3) is 0.643. The van der Waals surface area contributed by atoms with Crippen LogP contribution in [-0.2, 0) is 33.4 Å². The fourth-order valence-corrected chi connectivity index (χ4v) is 6.41. The summed E-state index contributed by atoms with van der Waals surface area (Å²) in [5.74, 6) is -2.91. The first-order valence-electron chi connectivity index (χ1n) is 12.9. The molecule has 0 aromatic rings. The van der Waals surface area contributed by atoms with Crippen LogP contribution in [0.4, 0.5) is 0 Å². The van der Waals surface area contributed by atoms with Crippen LogP contribution < -0.4 is 0 Å². The lowest BCUT2D eigenvalue weighted by molar-refractivity contribution is -0.191. The molecule has 0 aromatic carbocycles. The number of halogens is 3. The van der Waals surface area contributed by atoms with Gasteiger partial charge in [-0.2, -0.15) is 0 Å². The van der Waals surface area contributed by atoms with Crippen LogP contribution in [0.5, 0.6) is 0 Å². The average molecular weight is 608 g/mol. The molecular formula is C28H37Cl3O8. The normalized spacial score (nSPS) is 29.0. The largest absolute Gasteiger partial charge is 0.478 e. The second-order valence-electron chi connectivity index (χ2n) is 10.4. The Morgan fingerprint density at radius 3 is 2.31 bits per heavy atom. The molecule has 0 aromatic heterocycles. The molecule has 2 saturated carbocycles. The molecule has 0 aliphatic heterocycles. The number of aliphatic carboxylic acids is 1. The highest BCUT2D eigenvalue weighted by Crippen LogP contribution is 2.62. The molecule has 11 heteroatoms. The van der Waals surface area contributed by atoms with Crippen molar-refractivity contribution in [3.8, 4) is 0 Å². The fourth-order valence-electron chi connectivity index (χ4n) is 6.02. The van der Waals surface area contributed by atoms with E-state index in [0.29, 0.717) is 19.3 Å². The van der Waals surface area contributed by atoms with E-state index in [1.54, 1.807) is 0 Å². The molecule has 5 atom stereocenters. The number of carbonyl (C=O) groups excluding carboxylic acids is 3. The Hall–Kier alpha value is -2.03. The third-order valence-electron chi connectivity index (χ3n) is 7.96. The van der Waals surface area contributed by atoms with E-state index in [1.165, 1.54) is 12.2 Å². The van der Waals surface area contributed by atoms with Gasteiger partial charge >= 0.3 is 23.9 Å². The van der Waals surface area contributed by atoms with Crippen LogP contribution in [0.3, 0.4) is 0 Å². The molecule has 2 aliphatic carbocycles. The summed E-state index contributed by atoms with van der Waals surface area (Å²) in [5, 5.41) is 9.67. The van der Waals surface area contributed by atoms with Crippen molar-refractivity contribution >= 4 is 58.7 Å². The Bertz CT molecular complexity index is 993. The third kappa shape index (κ3) is 8.48. The molecule has 218 valence electrons. The van der Waals surface area contributed by atoms with Crippen molar-refractivity contribution in [3.05, 3.63) is 36.0 Å². The Morgan fingerprint density at radius 1 is 1.03 bits per heavy atom. The van der Waals surface area contributed by atoms with E-state index in [1.807, 2.05) is 13.0 Å². The number of carboxylic acids is 1. The van der Waals surface area contributed by atoms with Gasteiger partial charge in [0.2, 0.25) is 0 Å². The van der Waals surface area contributed by atoms with E-state index in [-0.39, 0.29) is 66.5 Å². The molecule has 8 nitrogen and oxygen atoms in total. The first kappa shape index (κ1) is 33.2. The molecule has 2 rings (SSSR count). The van der Waals surface area contributed by atoms with Gasteiger partial charge in [-0.05, 0) is 43.1 Å². The van der Waals surface area contributed by atoms with Crippen molar-refractivity contribution in [1.82, 2.24) is 0 Å². The molecule has 39 heavy (non-hydrogen) atoms. The van der Waals surface area contributed by atoms with Gasteiger partial charge in [-0.15, -0.1) is 34.8 Å². The van der Waals surface area contributed by atoms with E-state index >= 15 is 0 Å². The zero-order valence-corrected chi connectivity index (χ0v) is 24.7. The van der Waals surface area contributed by atoms with Crippen molar-refractivity contribution in [1.29, 1.82) is 0 Å². The summed E-state index contributed by atoms with van der Waals surface area (Å²) in [4.78, 5) is 47.8. The summed E-state index contributed by atoms with van der Waals surface area (Å²) < 4.78 is 16.4. The number of rotatable bonds is 13. The molecule has 0 heterocycles. The molecular weight excluding hydrogens is 571 g/mol. The minimum atomic E-state index is -1.16. The van der Waals surface area contributed by atoms with Crippen LogP contribution in [0.15, 0.2) is 36.0 Å². The summed E-state index contributed by atoms with van der Waals surface area (Å²) in [6.45, 7) is 8.22. The van der Waals surface area contributed by atoms with Crippen LogP contribution in [0, 0.1) is 22.7 Å². The Morgan fingerprint density at radius 2 is 1.69 bits per heavy atom. The quantitative estimate of drug-likeness (QED) is 0.0735. The van der Waals surface area contributed by atoms with Gasteiger partial charge in [0.1, 0.15) is 25.2 Å². The lowest BCUT2D eigenvalue weighted by atomic mass is 9.46. The highest BCUT2D eigenvalue weighted by Gasteiger charge is 2.59. The van der Waals surface area contributed by atoms with Crippen LogP contribution in [0.25, 0.3) is 0 Å². The lowest BCUT2D eigenvalue weighted by Crippen LogP contribution is -2.58. The standard InChI is InChI=1S/C28H37Cl3O8/c1-18-4-7-21-27(2,20(18)6-5-19(26(35)36)11-15-37-25(34)16-31)12-8-22(39-24(33)10-14-30)28(21,3)17-38-23(32)9-13-29/h5-6,11,20-22H,1,4,7-10,12-17H2,2-3H3,(H,35,36)/b6-5+,19-11+/t20-,21?,22-,27+,28+/m1/s1. The van der Waals surface area contributed by atoms with Gasteiger partial charge in [0, 0.05) is 23.1 Å². The van der Waals surface area contributed by atoms with Gasteiger partial charge in [-0.3, -0.25) is 14.4 Å². The average Bonchev–Trinajstić information content (AvgIpc) is 2.88. The molecule has 1 N–H and O–H groups in total. The van der Waals surface area contributed by atoms with E-state index in [9.17, 15) is 24.3 Å². The molecule has 0 spiro atoms. The minimum absolute atomic E-state index is 0.0302. The van der Waals surface area contributed by atoms with Crippen molar-refractivity contribution in [3.63, 3.8) is 0 Å². The predicted octanol–water partition coefficient (Wildman–Crippen LogP) is 5.44. The van der Waals surface area contributed by atoms with Crippen LogP contribution in [-0.4, -0.2) is 65.9 Å². The number of carboxylic acid groups (broad SMARTS) is 1. The number of esters is 3. The van der Waals surface area contributed by atoms with Gasteiger partial charge in [0.05, 0.1) is 18.4 Å².